The van der Waals surface area contributed by atoms with Crippen molar-refractivity contribution in [3.05, 3.63) is 34.3 Å². The maximum absolute atomic E-state index is 6.46. The van der Waals surface area contributed by atoms with Crippen molar-refractivity contribution in [2.24, 2.45) is 5.92 Å². The van der Waals surface area contributed by atoms with Crippen LogP contribution in [0.4, 0.5) is 0 Å². The van der Waals surface area contributed by atoms with Crippen LogP contribution in [0, 0.1) is 5.92 Å². The van der Waals surface area contributed by atoms with Crippen molar-refractivity contribution < 1.29 is 0 Å². The van der Waals surface area contributed by atoms with E-state index in [1.54, 1.807) is 0 Å². The molecule has 1 aromatic rings. The molecule has 0 nitrogen and oxygen atoms in total. The van der Waals surface area contributed by atoms with Crippen LogP contribution in [0.3, 0.4) is 0 Å². The molecule has 0 heterocycles. The number of alkyl halides is 1. The van der Waals surface area contributed by atoms with Crippen LogP contribution in [-0.2, 0) is 0 Å². The van der Waals surface area contributed by atoms with Gasteiger partial charge in [0.15, 0.2) is 0 Å². The Kier molecular flexibility index (Phi) is 5.37. The Bertz CT molecular complexity index is 327. The van der Waals surface area contributed by atoms with E-state index in [-0.39, 0.29) is 5.38 Å². The quantitative estimate of drug-likeness (QED) is 0.590. The highest BCUT2D eigenvalue weighted by molar-refractivity contribution is 9.10. The first-order chi connectivity index (χ1) is 8.25. The highest BCUT2D eigenvalue weighted by atomic mass is 79.9. The molecule has 2 rings (SSSR count). The first-order valence-corrected chi connectivity index (χ1v) is 7.88. The average Bonchev–Trinajstić information content (AvgIpc) is 2.38. The van der Waals surface area contributed by atoms with Gasteiger partial charge in [-0.15, -0.1) is 11.6 Å². The third kappa shape index (κ3) is 4.30. The summed E-state index contributed by atoms with van der Waals surface area (Å²) in [7, 11) is 0. The van der Waals surface area contributed by atoms with E-state index in [0.29, 0.717) is 0 Å². The van der Waals surface area contributed by atoms with E-state index < -0.39 is 0 Å². The molecule has 1 unspecified atom stereocenters. The van der Waals surface area contributed by atoms with E-state index in [4.69, 9.17) is 11.6 Å². The van der Waals surface area contributed by atoms with E-state index in [0.717, 1.165) is 16.8 Å². The molecule has 0 saturated heterocycles. The molecule has 1 aliphatic rings. The fourth-order valence-electron chi connectivity index (χ4n) is 2.70. The fraction of sp³-hybridized carbons (Fsp3) is 0.600. The average molecular weight is 316 g/mol. The molecule has 0 spiro atoms. The Morgan fingerprint density at radius 3 is 2.41 bits per heavy atom. The predicted octanol–water partition coefficient (Wildman–Crippen LogP) is 6.09. The predicted molar refractivity (Wildman–Crippen MR) is 78.5 cm³/mol. The van der Waals surface area contributed by atoms with Crippen molar-refractivity contribution >= 4 is 27.5 Å². The molecule has 94 valence electrons. The molecule has 1 aromatic carbocycles. The Morgan fingerprint density at radius 2 is 1.76 bits per heavy atom. The first kappa shape index (κ1) is 13.4. The van der Waals surface area contributed by atoms with Gasteiger partial charge in [0.1, 0.15) is 0 Å². The molecule has 1 atom stereocenters. The summed E-state index contributed by atoms with van der Waals surface area (Å²) in [5.74, 6) is 0.931. The van der Waals surface area contributed by atoms with Crippen molar-refractivity contribution in [3.8, 4) is 0 Å². The van der Waals surface area contributed by atoms with Gasteiger partial charge in [-0.25, -0.2) is 0 Å². The lowest BCUT2D eigenvalue weighted by atomic mass is 9.85. The standard InChI is InChI=1S/C15H20BrCl/c16-14-9-7-13(8-10-14)15(17)11-6-12-4-2-1-3-5-12/h7-10,12,15H,1-6,11H2. The van der Waals surface area contributed by atoms with Crippen LogP contribution >= 0.6 is 27.5 Å². The van der Waals surface area contributed by atoms with Gasteiger partial charge in [-0.2, -0.15) is 0 Å². The van der Waals surface area contributed by atoms with Crippen molar-refractivity contribution in [1.29, 1.82) is 0 Å². The van der Waals surface area contributed by atoms with Crippen LogP contribution in [-0.4, -0.2) is 0 Å². The maximum atomic E-state index is 6.46. The summed E-state index contributed by atoms with van der Waals surface area (Å²) >= 11 is 9.92. The summed E-state index contributed by atoms with van der Waals surface area (Å²) in [6.07, 6.45) is 9.55. The Hall–Kier alpha value is -0.0100. The van der Waals surface area contributed by atoms with Crippen molar-refractivity contribution in [1.82, 2.24) is 0 Å². The van der Waals surface area contributed by atoms with Crippen LogP contribution in [0.2, 0.25) is 0 Å². The first-order valence-electron chi connectivity index (χ1n) is 6.65. The summed E-state index contributed by atoms with van der Waals surface area (Å²) in [5, 5.41) is 0.185. The van der Waals surface area contributed by atoms with Crippen LogP contribution in [0.1, 0.15) is 55.9 Å². The summed E-state index contributed by atoms with van der Waals surface area (Å²) in [6.45, 7) is 0. The van der Waals surface area contributed by atoms with Crippen LogP contribution < -0.4 is 0 Å². The number of rotatable bonds is 4. The Balaban J connectivity index is 1.80. The minimum absolute atomic E-state index is 0.185. The number of benzene rings is 1. The fourth-order valence-corrected chi connectivity index (χ4v) is 3.23. The molecule has 2 heteroatoms. The second-order valence-corrected chi connectivity index (χ2v) is 6.54. The van der Waals surface area contributed by atoms with Gasteiger partial charge in [-0.3, -0.25) is 0 Å². The Labute approximate surface area is 118 Å². The Morgan fingerprint density at radius 1 is 1.12 bits per heavy atom. The summed E-state index contributed by atoms with van der Waals surface area (Å²) in [5.41, 5.74) is 1.26. The molecule has 0 amide bonds. The van der Waals surface area contributed by atoms with Gasteiger partial charge in [0.2, 0.25) is 0 Å². The summed E-state index contributed by atoms with van der Waals surface area (Å²) in [6, 6.07) is 8.40. The highest BCUT2D eigenvalue weighted by Crippen LogP contribution is 2.33. The maximum Gasteiger partial charge on any atom is 0.0585 e. The summed E-state index contributed by atoms with van der Waals surface area (Å²) in [4.78, 5) is 0. The molecule has 0 aliphatic heterocycles. The second kappa shape index (κ2) is 6.80. The van der Waals surface area contributed by atoms with Crippen LogP contribution in [0.5, 0.6) is 0 Å². The van der Waals surface area contributed by atoms with Gasteiger partial charge in [-0.05, 0) is 36.5 Å². The van der Waals surface area contributed by atoms with E-state index in [9.17, 15) is 0 Å². The normalized spacial score (nSPS) is 19.2. The zero-order chi connectivity index (χ0) is 12.1. The SMILES string of the molecule is ClC(CCC1CCCCC1)c1ccc(Br)cc1. The molecule has 0 bridgehead atoms. The topological polar surface area (TPSA) is 0 Å². The zero-order valence-electron chi connectivity index (χ0n) is 10.2. The second-order valence-electron chi connectivity index (χ2n) is 5.10. The molecule has 0 N–H and O–H groups in total. The van der Waals surface area contributed by atoms with Gasteiger partial charge < -0.3 is 0 Å². The van der Waals surface area contributed by atoms with E-state index in [1.807, 2.05) is 0 Å². The van der Waals surface area contributed by atoms with Gasteiger partial charge in [-0.1, -0.05) is 60.2 Å². The molecule has 0 radical (unpaired) electrons. The van der Waals surface area contributed by atoms with Crippen LogP contribution in [0.25, 0.3) is 0 Å². The molecule has 17 heavy (non-hydrogen) atoms. The van der Waals surface area contributed by atoms with Crippen LogP contribution in [0.15, 0.2) is 28.7 Å². The minimum Gasteiger partial charge on any atom is -0.118 e. The molecule has 0 aromatic heterocycles. The van der Waals surface area contributed by atoms with Gasteiger partial charge >= 0.3 is 0 Å². The van der Waals surface area contributed by atoms with Gasteiger partial charge in [0.25, 0.3) is 0 Å². The molecular weight excluding hydrogens is 296 g/mol. The van der Waals surface area contributed by atoms with Crippen molar-refractivity contribution in [3.63, 3.8) is 0 Å². The molecular formula is C15H20BrCl. The van der Waals surface area contributed by atoms with E-state index >= 15 is 0 Å². The lowest BCUT2D eigenvalue weighted by molar-refractivity contribution is 0.331. The number of hydrogen-bond acceptors (Lipinski definition) is 0. The zero-order valence-corrected chi connectivity index (χ0v) is 12.5. The van der Waals surface area contributed by atoms with Gasteiger partial charge in [0.05, 0.1) is 5.38 Å². The van der Waals surface area contributed by atoms with Crippen molar-refractivity contribution in [2.75, 3.05) is 0 Å². The lowest BCUT2D eigenvalue weighted by Gasteiger charge is -2.22. The third-order valence-corrected chi connectivity index (χ3v) is 4.78. The van der Waals surface area contributed by atoms with Crippen molar-refractivity contribution in [2.45, 2.75) is 50.3 Å². The molecule has 1 aliphatic carbocycles. The number of hydrogen-bond donors (Lipinski definition) is 0. The van der Waals surface area contributed by atoms with E-state index in [1.165, 1.54) is 44.1 Å². The highest BCUT2D eigenvalue weighted by Gasteiger charge is 2.15. The molecule has 1 saturated carbocycles. The molecule has 1 fully saturated rings. The van der Waals surface area contributed by atoms with E-state index in [2.05, 4.69) is 40.2 Å². The number of halogens is 2. The largest absolute Gasteiger partial charge is 0.118 e. The third-order valence-electron chi connectivity index (χ3n) is 3.78. The minimum atomic E-state index is 0.185. The van der Waals surface area contributed by atoms with Gasteiger partial charge in [0, 0.05) is 4.47 Å². The smallest absolute Gasteiger partial charge is 0.0585 e. The lowest BCUT2D eigenvalue weighted by Crippen LogP contribution is -2.07. The monoisotopic (exact) mass is 314 g/mol. The summed E-state index contributed by atoms with van der Waals surface area (Å²) < 4.78 is 1.12.